The van der Waals surface area contributed by atoms with Crippen molar-refractivity contribution in [3.63, 3.8) is 0 Å². The van der Waals surface area contributed by atoms with E-state index in [2.05, 4.69) is 23.1 Å². The van der Waals surface area contributed by atoms with Gasteiger partial charge in [-0.15, -0.1) is 0 Å². The Kier molecular flexibility index (Phi) is 6.00. The van der Waals surface area contributed by atoms with E-state index in [1.54, 1.807) is 12.1 Å². The molecule has 10 atom stereocenters. The van der Waals surface area contributed by atoms with Gasteiger partial charge in [-0.3, -0.25) is 0 Å². The fraction of sp³-hybridized carbons (Fsp3) is 0.793. The first-order chi connectivity index (χ1) is 18.0. The highest BCUT2D eigenvalue weighted by Gasteiger charge is 2.73. The number of aliphatic hydroxyl groups is 4. The van der Waals surface area contributed by atoms with E-state index >= 15 is 0 Å². The van der Waals surface area contributed by atoms with E-state index in [0.29, 0.717) is 25.8 Å². The molecule has 10 heteroatoms. The standard InChI is InChI=1S/C29H42F3N3O4/c1-15-18-9-10-19-23(33-13-16-5-7-17(8-6-16)28(34-35-28)29(30,31)32)26(18,14-25(19,4)38)12-22(37)27(39)20(15)11-21(36)24(27,2)3/h5-8,15,18-23,33-39H,9-14H2,1-4H3/t15-,18-,19+,20-,21-,22+,23+,25+,26-,27-/m0/s1. The molecule has 1 spiro atoms. The largest absolute Gasteiger partial charge is 0.426 e. The van der Waals surface area contributed by atoms with Gasteiger partial charge in [-0.1, -0.05) is 45.0 Å². The van der Waals surface area contributed by atoms with Gasteiger partial charge in [-0.25, -0.2) is 10.9 Å². The molecule has 2 bridgehead atoms. The number of hydrazine groups is 1. The van der Waals surface area contributed by atoms with Crippen LogP contribution in [0.2, 0.25) is 0 Å². The second kappa shape index (κ2) is 8.40. The molecule has 4 aliphatic carbocycles. The van der Waals surface area contributed by atoms with E-state index in [4.69, 9.17) is 0 Å². The van der Waals surface area contributed by atoms with Gasteiger partial charge in [0, 0.05) is 23.9 Å². The van der Waals surface area contributed by atoms with E-state index in [1.165, 1.54) is 12.1 Å². The van der Waals surface area contributed by atoms with Crippen molar-refractivity contribution in [2.24, 2.45) is 34.5 Å². The molecule has 1 aromatic rings. The summed E-state index contributed by atoms with van der Waals surface area (Å²) in [6, 6.07) is 6.21. The van der Waals surface area contributed by atoms with Crippen molar-refractivity contribution in [3.8, 4) is 0 Å². The minimum absolute atomic E-state index is 0.0270. The van der Waals surface area contributed by atoms with Crippen LogP contribution in [0, 0.1) is 34.5 Å². The Morgan fingerprint density at radius 2 is 1.56 bits per heavy atom. The zero-order valence-corrected chi connectivity index (χ0v) is 23.0. The van der Waals surface area contributed by atoms with E-state index in [1.807, 2.05) is 20.8 Å². The number of fused-ring (bicyclic) bond motifs is 2. The third-order valence-electron chi connectivity index (χ3n) is 12.0. The van der Waals surface area contributed by atoms with Crippen LogP contribution >= 0.6 is 0 Å². The normalized spacial score (nSPS) is 47.8. The summed E-state index contributed by atoms with van der Waals surface area (Å²) in [6.45, 7) is 8.09. The number of hydrogen-bond donors (Lipinski definition) is 7. The molecule has 1 saturated heterocycles. The molecule has 0 aromatic heterocycles. The quantitative estimate of drug-likeness (QED) is 0.285. The van der Waals surface area contributed by atoms with Gasteiger partial charge in [-0.05, 0) is 73.3 Å². The number of hydrogen-bond acceptors (Lipinski definition) is 7. The molecule has 1 aliphatic heterocycles. The number of alkyl halides is 3. The molecule has 0 radical (unpaired) electrons. The van der Waals surface area contributed by atoms with E-state index in [9.17, 15) is 33.6 Å². The number of nitrogens with one attached hydrogen (secondary N) is 3. The second-order valence-corrected chi connectivity index (χ2v) is 14.1. The Labute approximate surface area is 227 Å². The molecule has 0 amide bonds. The predicted molar refractivity (Wildman–Crippen MR) is 138 cm³/mol. The van der Waals surface area contributed by atoms with Crippen LogP contribution in [0.25, 0.3) is 0 Å². The molecule has 5 fully saturated rings. The van der Waals surface area contributed by atoms with Gasteiger partial charge in [0.2, 0.25) is 5.66 Å². The summed E-state index contributed by atoms with van der Waals surface area (Å²) in [5.74, 6) is -0.148. The molecule has 5 aliphatic rings. The fourth-order valence-electron chi connectivity index (χ4n) is 9.80. The van der Waals surface area contributed by atoms with Crippen molar-refractivity contribution in [2.75, 3.05) is 0 Å². The van der Waals surface area contributed by atoms with E-state index in [0.717, 1.165) is 18.4 Å². The van der Waals surface area contributed by atoms with Crippen molar-refractivity contribution in [3.05, 3.63) is 35.4 Å². The maximum atomic E-state index is 13.5. The maximum Gasteiger partial charge on any atom is 0.426 e. The molecule has 6 rings (SSSR count). The number of halogens is 3. The highest BCUT2D eigenvalue weighted by Crippen LogP contribution is 2.69. The zero-order valence-electron chi connectivity index (χ0n) is 23.0. The summed E-state index contributed by atoms with van der Waals surface area (Å²) in [4.78, 5) is 0. The maximum absolute atomic E-state index is 13.5. The Morgan fingerprint density at radius 3 is 2.15 bits per heavy atom. The van der Waals surface area contributed by atoms with Gasteiger partial charge in [0.15, 0.2) is 0 Å². The molecule has 218 valence electrons. The van der Waals surface area contributed by atoms with Crippen LogP contribution < -0.4 is 16.2 Å². The number of rotatable bonds is 4. The van der Waals surface area contributed by atoms with E-state index < -0.39 is 46.1 Å². The molecule has 1 heterocycles. The van der Waals surface area contributed by atoms with Crippen molar-refractivity contribution in [2.45, 2.75) is 108 Å². The average molecular weight is 554 g/mol. The summed E-state index contributed by atoms with van der Waals surface area (Å²) < 4.78 is 40.4. The monoisotopic (exact) mass is 553 g/mol. The van der Waals surface area contributed by atoms with Gasteiger partial charge in [0.1, 0.15) is 5.60 Å². The summed E-state index contributed by atoms with van der Waals surface area (Å²) >= 11 is 0. The van der Waals surface area contributed by atoms with Crippen LogP contribution in [0.1, 0.15) is 70.9 Å². The van der Waals surface area contributed by atoms with Gasteiger partial charge in [0.25, 0.3) is 0 Å². The van der Waals surface area contributed by atoms with Crippen LogP contribution in [0.3, 0.4) is 0 Å². The molecular weight excluding hydrogens is 511 g/mol. The van der Waals surface area contributed by atoms with Gasteiger partial charge in [0.05, 0.1) is 17.8 Å². The van der Waals surface area contributed by atoms with Crippen LogP contribution in [0.4, 0.5) is 13.2 Å². The first-order valence-electron chi connectivity index (χ1n) is 14.3. The Balaban J connectivity index is 1.29. The third kappa shape index (κ3) is 3.61. The highest BCUT2D eigenvalue weighted by atomic mass is 19.4. The third-order valence-corrected chi connectivity index (χ3v) is 12.0. The van der Waals surface area contributed by atoms with Crippen molar-refractivity contribution in [1.29, 1.82) is 0 Å². The summed E-state index contributed by atoms with van der Waals surface area (Å²) in [5, 5.41) is 50.0. The van der Waals surface area contributed by atoms with Crippen molar-refractivity contribution < 1.29 is 33.6 Å². The predicted octanol–water partition coefficient (Wildman–Crippen LogP) is 2.67. The lowest BCUT2D eigenvalue weighted by atomic mass is 9.58. The molecule has 0 unspecified atom stereocenters. The molecule has 7 nitrogen and oxygen atoms in total. The molecular formula is C29H42F3N3O4. The first kappa shape index (κ1) is 27.9. The lowest BCUT2D eigenvalue weighted by Gasteiger charge is -2.50. The number of benzene rings is 1. The summed E-state index contributed by atoms with van der Waals surface area (Å²) in [5.41, 5.74) is -0.536. The molecule has 1 aromatic carbocycles. The van der Waals surface area contributed by atoms with Gasteiger partial charge in [-0.2, -0.15) is 13.2 Å². The van der Waals surface area contributed by atoms with Gasteiger partial charge >= 0.3 is 6.18 Å². The lowest BCUT2D eigenvalue weighted by molar-refractivity contribution is -0.177. The summed E-state index contributed by atoms with van der Waals surface area (Å²) in [7, 11) is 0. The first-order valence-corrected chi connectivity index (χ1v) is 14.3. The van der Waals surface area contributed by atoms with Crippen LogP contribution in [-0.4, -0.2) is 56.1 Å². The van der Waals surface area contributed by atoms with Crippen molar-refractivity contribution in [1.82, 2.24) is 16.2 Å². The highest BCUT2D eigenvalue weighted by molar-refractivity contribution is 5.33. The van der Waals surface area contributed by atoms with Crippen LogP contribution in [-0.2, 0) is 12.2 Å². The Bertz CT molecular complexity index is 1120. The smallest absolute Gasteiger partial charge is 0.392 e. The summed E-state index contributed by atoms with van der Waals surface area (Å²) in [6.07, 6.45) is -3.29. The Hall–Kier alpha value is -1.27. The lowest BCUT2D eigenvalue weighted by Crippen LogP contribution is -2.58. The molecule has 39 heavy (non-hydrogen) atoms. The van der Waals surface area contributed by atoms with Crippen molar-refractivity contribution >= 4 is 0 Å². The average Bonchev–Trinajstić information content (AvgIpc) is 3.62. The molecule has 4 saturated carbocycles. The Morgan fingerprint density at radius 1 is 0.949 bits per heavy atom. The minimum Gasteiger partial charge on any atom is -0.392 e. The van der Waals surface area contributed by atoms with Gasteiger partial charge < -0.3 is 25.7 Å². The fourth-order valence-corrected chi connectivity index (χ4v) is 9.80. The second-order valence-electron chi connectivity index (χ2n) is 14.1. The zero-order chi connectivity index (χ0) is 28.4. The molecule has 7 N–H and O–H groups in total. The van der Waals surface area contributed by atoms with E-state index in [-0.39, 0.29) is 35.3 Å². The number of aliphatic hydroxyl groups excluding tert-OH is 2. The van der Waals surface area contributed by atoms with Crippen LogP contribution in [0.5, 0.6) is 0 Å². The SMILES string of the molecule is C[C@H]1[C@@H]2CC[C@@H]3[C@@H](NCc4ccc(C5(C(F)(F)F)NN5)cc4)[C@@]2(C[C@@H](O)[C@@]2(O)[C@H]1C[C@H](O)C2(C)C)C[C@@]3(C)O. The topological polar surface area (TPSA) is 137 Å². The van der Waals surface area contributed by atoms with Crippen LogP contribution in [0.15, 0.2) is 24.3 Å². The minimum atomic E-state index is -4.46.